The van der Waals surface area contributed by atoms with Gasteiger partial charge in [-0.15, -0.1) is 0 Å². The first-order chi connectivity index (χ1) is 15.4. The van der Waals surface area contributed by atoms with Crippen LogP contribution in [-0.4, -0.2) is 28.2 Å². The Bertz CT molecular complexity index is 1390. The van der Waals surface area contributed by atoms with Gasteiger partial charge in [0.25, 0.3) is 0 Å². The zero-order valence-electron chi connectivity index (χ0n) is 17.5. The standard InChI is InChI=1S/C25H19ClN2O4/c1-15-3-12-20-24(31)21(23(30)17-6-10-19(32-2)11-7-17)13-28(25(20)27-15)14-22(29)16-4-8-18(26)9-5-16/h3-13H,14H2,1-2H3. The molecule has 160 valence electrons. The molecule has 4 rings (SSSR count). The minimum atomic E-state index is -0.437. The van der Waals surface area contributed by atoms with Gasteiger partial charge in [0.1, 0.15) is 11.4 Å². The fourth-order valence-corrected chi connectivity index (χ4v) is 3.55. The molecular formula is C25H19ClN2O4. The maximum Gasteiger partial charge on any atom is 0.202 e. The van der Waals surface area contributed by atoms with Crippen molar-refractivity contribution in [2.24, 2.45) is 0 Å². The quantitative estimate of drug-likeness (QED) is 0.408. The van der Waals surface area contributed by atoms with Gasteiger partial charge in [0.2, 0.25) is 5.43 Å². The summed E-state index contributed by atoms with van der Waals surface area (Å²) in [5.74, 6) is -0.0312. The van der Waals surface area contributed by atoms with Crippen LogP contribution in [0.2, 0.25) is 5.02 Å². The molecule has 0 unspecified atom stereocenters. The predicted molar refractivity (Wildman–Crippen MR) is 123 cm³/mol. The van der Waals surface area contributed by atoms with E-state index in [2.05, 4.69) is 4.98 Å². The Hall–Kier alpha value is -3.77. The van der Waals surface area contributed by atoms with E-state index < -0.39 is 11.2 Å². The number of Topliss-reactive ketones (excluding diaryl/α,β-unsaturated/α-hetero) is 1. The molecule has 0 atom stereocenters. The summed E-state index contributed by atoms with van der Waals surface area (Å²) in [5, 5.41) is 0.805. The molecule has 0 amide bonds. The number of ether oxygens (including phenoxy) is 1. The van der Waals surface area contributed by atoms with Gasteiger partial charge in [-0.2, -0.15) is 0 Å². The number of hydrogen-bond donors (Lipinski definition) is 0. The molecule has 6 nitrogen and oxygen atoms in total. The van der Waals surface area contributed by atoms with Crippen molar-refractivity contribution < 1.29 is 14.3 Å². The van der Waals surface area contributed by atoms with E-state index in [0.29, 0.717) is 33.2 Å². The molecule has 2 aromatic heterocycles. The van der Waals surface area contributed by atoms with Gasteiger partial charge in [0.05, 0.1) is 24.6 Å². The van der Waals surface area contributed by atoms with Crippen LogP contribution in [0.25, 0.3) is 11.0 Å². The van der Waals surface area contributed by atoms with Crippen molar-refractivity contribution in [3.8, 4) is 5.75 Å². The highest BCUT2D eigenvalue weighted by atomic mass is 35.5. The molecule has 2 heterocycles. The Balaban J connectivity index is 1.82. The minimum absolute atomic E-state index is 0.0303. The van der Waals surface area contributed by atoms with Crippen molar-refractivity contribution in [2.45, 2.75) is 13.5 Å². The van der Waals surface area contributed by atoms with Gasteiger partial charge in [-0.1, -0.05) is 11.6 Å². The number of halogens is 1. The molecule has 0 saturated heterocycles. The van der Waals surface area contributed by atoms with Gasteiger partial charge >= 0.3 is 0 Å². The van der Waals surface area contributed by atoms with Gasteiger partial charge in [0, 0.05) is 28.0 Å². The normalized spacial score (nSPS) is 10.8. The monoisotopic (exact) mass is 446 g/mol. The number of methoxy groups -OCH3 is 1. The lowest BCUT2D eigenvalue weighted by Gasteiger charge is -2.13. The Morgan fingerprint density at radius 1 is 0.969 bits per heavy atom. The van der Waals surface area contributed by atoms with Crippen molar-refractivity contribution in [2.75, 3.05) is 7.11 Å². The van der Waals surface area contributed by atoms with Crippen LogP contribution in [0.3, 0.4) is 0 Å². The summed E-state index contributed by atoms with van der Waals surface area (Å²) in [6.07, 6.45) is 1.41. The highest BCUT2D eigenvalue weighted by Gasteiger charge is 2.19. The molecule has 0 aliphatic heterocycles. The molecule has 7 heteroatoms. The van der Waals surface area contributed by atoms with Gasteiger partial charge < -0.3 is 9.30 Å². The number of hydrogen-bond acceptors (Lipinski definition) is 5. The van der Waals surface area contributed by atoms with Crippen LogP contribution < -0.4 is 10.2 Å². The van der Waals surface area contributed by atoms with E-state index in [1.165, 1.54) is 13.3 Å². The summed E-state index contributed by atoms with van der Waals surface area (Å²) in [6, 6.07) is 16.4. The Kier molecular flexibility index (Phi) is 5.88. The van der Waals surface area contributed by atoms with E-state index in [0.717, 1.165) is 0 Å². The zero-order chi connectivity index (χ0) is 22.8. The lowest BCUT2D eigenvalue weighted by atomic mass is 10.0. The van der Waals surface area contributed by atoms with Crippen LogP contribution >= 0.6 is 11.6 Å². The molecule has 0 saturated carbocycles. The van der Waals surface area contributed by atoms with E-state index in [1.54, 1.807) is 72.2 Å². The van der Waals surface area contributed by atoms with Gasteiger partial charge in [0.15, 0.2) is 11.6 Å². The van der Waals surface area contributed by atoms with E-state index in [-0.39, 0.29) is 23.3 Å². The maximum absolute atomic E-state index is 13.1. The number of aromatic nitrogens is 2. The van der Waals surface area contributed by atoms with E-state index >= 15 is 0 Å². The molecule has 0 fully saturated rings. The Morgan fingerprint density at radius 3 is 2.28 bits per heavy atom. The number of carbonyl (C=O) groups excluding carboxylic acids is 2. The fraction of sp³-hybridized carbons (Fsp3) is 0.120. The van der Waals surface area contributed by atoms with Crippen LogP contribution in [-0.2, 0) is 6.54 Å². The van der Waals surface area contributed by atoms with Crippen LogP contribution in [0.15, 0.2) is 71.7 Å². The van der Waals surface area contributed by atoms with Gasteiger partial charge in [-0.05, 0) is 67.6 Å². The average molecular weight is 447 g/mol. The van der Waals surface area contributed by atoms with Crippen LogP contribution in [0.5, 0.6) is 5.75 Å². The Labute approximate surface area is 189 Å². The van der Waals surface area contributed by atoms with Crippen LogP contribution in [0.4, 0.5) is 0 Å². The topological polar surface area (TPSA) is 78.3 Å². The fourth-order valence-electron chi connectivity index (χ4n) is 3.42. The molecule has 0 aliphatic carbocycles. The summed E-state index contributed by atoms with van der Waals surface area (Å²) in [5.41, 5.74) is 1.40. The number of rotatable bonds is 6. The SMILES string of the molecule is COc1ccc(C(=O)c2cn(CC(=O)c3ccc(Cl)cc3)c3nc(C)ccc3c2=O)cc1. The molecule has 0 bridgehead atoms. The molecule has 0 radical (unpaired) electrons. The third-order valence-corrected chi connectivity index (χ3v) is 5.39. The minimum Gasteiger partial charge on any atom is -0.497 e. The first kappa shape index (κ1) is 21.5. The zero-order valence-corrected chi connectivity index (χ0v) is 18.2. The summed E-state index contributed by atoms with van der Waals surface area (Å²) < 4.78 is 6.68. The second-order valence-electron chi connectivity index (χ2n) is 7.31. The number of nitrogens with zero attached hydrogens (tertiary/aromatic N) is 2. The largest absolute Gasteiger partial charge is 0.497 e. The van der Waals surface area contributed by atoms with E-state index in [1.807, 2.05) is 0 Å². The molecule has 0 spiro atoms. The number of fused-ring (bicyclic) bond motifs is 1. The summed E-state index contributed by atoms with van der Waals surface area (Å²) in [4.78, 5) is 43.6. The summed E-state index contributed by atoms with van der Waals surface area (Å²) in [7, 11) is 1.53. The molecule has 4 aromatic rings. The smallest absolute Gasteiger partial charge is 0.202 e. The lowest BCUT2D eigenvalue weighted by molar-refractivity contribution is 0.0970. The van der Waals surface area contributed by atoms with E-state index in [4.69, 9.17) is 16.3 Å². The van der Waals surface area contributed by atoms with E-state index in [9.17, 15) is 14.4 Å². The van der Waals surface area contributed by atoms with Gasteiger partial charge in [-0.25, -0.2) is 4.98 Å². The van der Waals surface area contributed by atoms with Crippen LogP contribution in [0.1, 0.15) is 32.0 Å². The lowest BCUT2D eigenvalue weighted by Crippen LogP contribution is -2.22. The van der Waals surface area contributed by atoms with Crippen molar-refractivity contribution in [1.29, 1.82) is 0 Å². The van der Waals surface area contributed by atoms with Crippen molar-refractivity contribution in [3.63, 3.8) is 0 Å². The second kappa shape index (κ2) is 8.77. The number of benzene rings is 2. The summed E-state index contributed by atoms with van der Waals surface area (Å²) >= 11 is 5.92. The molecule has 0 aliphatic rings. The van der Waals surface area contributed by atoms with Gasteiger partial charge in [-0.3, -0.25) is 14.4 Å². The average Bonchev–Trinajstić information content (AvgIpc) is 2.80. The van der Waals surface area contributed by atoms with Crippen molar-refractivity contribution in [1.82, 2.24) is 9.55 Å². The highest BCUT2D eigenvalue weighted by molar-refractivity contribution is 6.30. The van der Waals surface area contributed by atoms with Crippen molar-refractivity contribution >= 4 is 34.2 Å². The first-order valence-electron chi connectivity index (χ1n) is 9.85. The number of aryl methyl sites for hydroxylation is 1. The maximum atomic E-state index is 13.1. The second-order valence-corrected chi connectivity index (χ2v) is 7.75. The third-order valence-electron chi connectivity index (χ3n) is 5.14. The molecular weight excluding hydrogens is 428 g/mol. The molecule has 32 heavy (non-hydrogen) atoms. The molecule has 0 N–H and O–H groups in total. The first-order valence-corrected chi connectivity index (χ1v) is 10.2. The molecule has 2 aromatic carbocycles. The Morgan fingerprint density at radius 2 is 1.62 bits per heavy atom. The highest BCUT2D eigenvalue weighted by Crippen LogP contribution is 2.18. The third kappa shape index (κ3) is 4.18. The van der Waals surface area contributed by atoms with Crippen LogP contribution in [0, 0.1) is 6.92 Å². The number of pyridine rings is 2. The number of carbonyl (C=O) groups is 2. The predicted octanol–water partition coefficient (Wildman–Crippen LogP) is 4.48. The number of ketones is 2. The van der Waals surface area contributed by atoms with Crippen molar-refractivity contribution in [3.05, 3.63) is 104 Å². The summed E-state index contributed by atoms with van der Waals surface area (Å²) in [6.45, 7) is 1.71.